The Balaban J connectivity index is 1.73. The number of anilines is 1. The number of halogens is 4. The van der Waals surface area contributed by atoms with E-state index in [1.807, 2.05) is 12.1 Å². The van der Waals surface area contributed by atoms with Gasteiger partial charge in [-0.05, 0) is 42.3 Å². The Labute approximate surface area is 147 Å². The van der Waals surface area contributed by atoms with Crippen LogP contribution in [0.3, 0.4) is 0 Å². The van der Waals surface area contributed by atoms with Gasteiger partial charge < -0.3 is 10.2 Å². The topological polar surface area (TPSA) is 32.3 Å². The Morgan fingerprint density at radius 3 is 2.62 bits per heavy atom. The predicted octanol–water partition coefficient (Wildman–Crippen LogP) is 3.62. The molecular weight excluding hydrogens is 348 g/mol. The summed E-state index contributed by atoms with van der Waals surface area (Å²) < 4.78 is 52.4. The summed E-state index contributed by atoms with van der Waals surface area (Å²) in [7, 11) is 0. The molecule has 1 amide bonds. The highest BCUT2D eigenvalue weighted by Gasteiger charge is 2.52. The lowest BCUT2D eigenvalue weighted by Gasteiger charge is -2.23. The van der Waals surface area contributed by atoms with E-state index in [0.717, 1.165) is 17.7 Å². The lowest BCUT2D eigenvalue weighted by molar-refractivity contribution is -0.140. The molecule has 2 heterocycles. The van der Waals surface area contributed by atoms with Crippen molar-refractivity contribution in [3.05, 3.63) is 65.0 Å². The zero-order valence-corrected chi connectivity index (χ0v) is 13.7. The number of fused-ring (bicyclic) bond motifs is 2. The molecule has 2 aliphatic heterocycles. The van der Waals surface area contributed by atoms with Crippen molar-refractivity contribution in [3.8, 4) is 0 Å². The molecule has 0 bridgehead atoms. The normalized spacial score (nSPS) is 22.3. The van der Waals surface area contributed by atoms with Crippen molar-refractivity contribution in [1.29, 1.82) is 0 Å². The molecule has 0 radical (unpaired) electrons. The van der Waals surface area contributed by atoms with Gasteiger partial charge in [0.1, 0.15) is 5.82 Å². The number of nitrogens with zero attached hydrogens (tertiary/aromatic N) is 1. The van der Waals surface area contributed by atoms with Crippen LogP contribution < -0.4 is 10.2 Å². The van der Waals surface area contributed by atoms with Gasteiger partial charge in [-0.3, -0.25) is 4.79 Å². The fraction of sp³-hybridized carbons (Fsp3) is 0.316. The van der Waals surface area contributed by atoms with E-state index >= 15 is 0 Å². The molecule has 1 fully saturated rings. The maximum absolute atomic E-state index is 13.5. The summed E-state index contributed by atoms with van der Waals surface area (Å²) in [5.74, 6) is -1.44. The van der Waals surface area contributed by atoms with E-state index < -0.39 is 23.0 Å². The predicted molar refractivity (Wildman–Crippen MR) is 88.2 cm³/mol. The van der Waals surface area contributed by atoms with Gasteiger partial charge in [-0.1, -0.05) is 24.3 Å². The summed E-state index contributed by atoms with van der Waals surface area (Å²) in [5.41, 5.74) is -0.131. The summed E-state index contributed by atoms with van der Waals surface area (Å²) in [4.78, 5) is 14.6. The first-order valence-electron chi connectivity index (χ1n) is 8.31. The van der Waals surface area contributed by atoms with Crippen LogP contribution in [0.15, 0.2) is 42.5 Å². The first kappa shape index (κ1) is 17.0. The Morgan fingerprint density at radius 2 is 1.92 bits per heavy atom. The molecule has 2 aliphatic rings. The summed E-state index contributed by atoms with van der Waals surface area (Å²) >= 11 is 0. The number of hydrogen-bond donors (Lipinski definition) is 1. The van der Waals surface area contributed by atoms with Crippen molar-refractivity contribution in [1.82, 2.24) is 5.32 Å². The smallest absolute Gasteiger partial charge is 0.315 e. The first-order valence-corrected chi connectivity index (χ1v) is 8.31. The van der Waals surface area contributed by atoms with Gasteiger partial charge in [0.15, 0.2) is 0 Å². The Hall–Kier alpha value is -2.41. The minimum Gasteiger partial charge on any atom is -0.315 e. The number of rotatable bonds is 2. The van der Waals surface area contributed by atoms with E-state index in [1.165, 1.54) is 11.0 Å². The third kappa shape index (κ3) is 2.49. The number of para-hydroxylation sites is 1. The van der Waals surface area contributed by atoms with Crippen LogP contribution in [0.2, 0.25) is 0 Å². The molecule has 1 unspecified atom stereocenters. The van der Waals surface area contributed by atoms with Crippen molar-refractivity contribution in [3.63, 3.8) is 0 Å². The van der Waals surface area contributed by atoms with Crippen molar-refractivity contribution in [2.24, 2.45) is 0 Å². The second kappa shape index (κ2) is 5.81. The first-order chi connectivity index (χ1) is 12.3. The number of amides is 1. The molecule has 1 spiro atoms. The van der Waals surface area contributed by atoms with Gasteiger partial charge in [-0.15, -0.1) is 0 Å². The van der Waals surface area contributed by atoms with Crippen LogP contribution in [-0.2, 0) is 22.9 Å². The molecular formula is C19H16F4N2O. The van der Waals surface area contributed by atoms with E-state index in [9.17, 15) is 22.4 Å². The van der Waals surface area contributed by atoms with Crippen molar-refractivity contribution in [2.45, 2.75) is 24.6 Å². The van der Waals surface area contributed by atoms with Crippen LogP contribution in [-0.4, -0.2) is 19.0 Å². The molecule has 1 N–H and O–H groups in total. The summed E-state index contributed by atoms with van der Waals surface area (Å²) in [6.07, 6.45) is -4.12. The van der Waals surface area contributed by atoms with Gasteiger partial charge in [0.2, 0.25) is 5.91 Å². The summed E-state index contributed by atoms with van der Waals surface area (Å²) in [6, 6.07) is 10.2. The van der Waals surface area contributed by atoms with Crippen LogP contribution >= 0.6 is 0 Å². The second-order valence-corrected chi connectivity index (χ2v) is 6.73. The average Bonchev–Trinajstić information content (AvgIpc) is 3.17. The molecule has 1 saturated heterocycles. The van der Waals surface area contributed by atoms with E-state index in [1.54, 1.807) is 12.1 Å². The van der Waals surface area contributed by atoms with Gasteiger partial charge >= 0.3 is 6.18 Å². The highest BCUT2D eigenvalue weighted by atomic mass is 19.4. The Bertz CT molecular complexity index is 872. The van der Waals surface area contributed by atoms with Crippen molar-refractivity contribution >= 4 is 11.6 Å². The zero-order chi connectivity index (χ0) is 18.5. The maximum Gasteiger partial charge on any atom is 0.419 e. The number of alkyl halides is 3. The van der Waals surface area contributed by atoms with Crippen LogP contribution in [0.4, 0.5) is 23.2 Å². The van der Waals surface area contributed by atoms with Crippen LogP contribution in [0.5, 0.6) is 0 Å². The lowest BCUT2D eigenvalue weighted by atomic mass is 9.81. The Morgan fingerprint density at radius 1 is 1.15 bits per heavy atom. The van der Waals surface area contributed by atoms with E-state index in [2.05, 4.69) is 5.32 Å². The number of carbonyl (C=O) groups is 1. The quantitative estimate of drug-likeness (QED) is 0.826. The second-order valence-electron chi connectivity index (χ2n) is 6.73. The number of carbonyl (C=O) groups excluding carboxylic acids is 1. The fourth-order valence-corrected chi connectivity index (χ4v) is 3.93. The van der Waals surface area contributed by atoms with Gasteiger partial charge in [-0.2, -0.15) is 13.2 Å². The molecule has 3 nitrogen and oxygen atoms in total. The van der Waals surface area contributed by atoms with Crippen molar-refractivity contribution < 1.29 is 22.4 Å². The summed E-state index contributed by atoms with van der Waals surface area (Å²) in [5, 5.41) is 3.20. The van der Waals surface area contributed by atoms with Crippen LogP contribution in [0.25, 0.3) is 0 Å². The van der Waals surface area contributed by atoms with E-state index in [0.29, 0.717) is 25.2 Å². The molecule has 7 heteroatoms. The minimum absolute atomic E-state index is 0.0268. The van der Waals surface area contributed by atoms with Gasteiger partial charge in [-0.25, -0.2) is 4.39 Å². The van der Waals surface area contributed by atoms with Crippen LogP contribution in [0, 0.1) is 5.82 Å². The molecule has 0 aliphatic carbocycles. The maximum atomic E-state index is 13.5. The van der Waals surface area contributed by atoms with E-state index in [-0.39, 0.29) is 18.0 Å². The number of nitrogens with one attached hydrogen (secondary N) is 1. The number of benzene rings is 2. The monoisotopic (exact) mass is 364 g/mol. The third-order valence-electron chi connectivity index (χ3n) is 5.20. The molecule has 136 valence electrons. The lowest BCUT2D eigenvalue weighted by Crippen LogP contribution is -2.41. The third-order valence-corrected chi connectivity index (χ3v) is 5.20. The molecule has 26 heavy (non-hydrogen) atoms. The molecule has 2 aromatic rings. The largest absolute Gasteiger partial charge is 0.419 e. The Kier molecular flexibility index (Phi) is 3.80. The molecule has 0 aromatic heterocycles. The highest BCUT2D eigenvalue weighted by molar-refractivity contribution is 6.08. The summed E-state index contributed by atoms with van der Waals surface area (Å²) in [6.45, 7) is 1.19. The molecule has 0 saturated carbocycles. The zero-order valence-electron chi connectivity index (χ0n) is 13.7. The van der Waals surface area contributed by atoms with Crippen LogP contribution in [0.1, 0.15) is 23.1 Å². The van der Waals surface area contributed by atoms with Crippen molar-refractivity contribution in [2.75, 3.05) is 18.0 Å². The highest BCUT2D eigenvalue weighted by Crippen LogP contribution is 2.46. The standard InChI is InChI=1S/C19H16F4N2O/c20-15-6-5-12(9-14(15)19(21,22)23)10-25-16-4-2-1-3-13(16)18(17(25)26)7-8-24-11-18/h1-6,9,24H,7-8,10-11H2. The average molecular weight is 364 g/mol. The number of hydrogen-bond acceptors (Lipinski definition) is 2. The van der Waals surface area contributed by atoms with Gasteiger partial charge in [0, 0.05) is 12.2 Å². The van der Waals surface area contributed by atoms with Gasteiger partial charge in [0.05, 0.1) is 17.5 Å². The van der Waals surface area contributed by atoms with E-state index in [4.69, 9.17) is 0 Å². The SMILES string of the molecule is O=C1N(Cc2ccc(F)c(C(F)(F)F)c2)c2ccccc2C12CCNC2. The fourth-order valence-electron chi connectivity index (χ4n) is 3.93. The molecule has 4 rings (SSSR count). The minimum atomic E-state index is -4.77. The molecule has 2 aromatic carbocycles. The molecule has 1 atom stereocenters. The van der Waals surface area contributed by atoms with Gasteiger partial charge in [0.25, 0.3) is 0 Å².